The van der Waals surface area contributed by atoms with Crippen molar-refractivity contribution in [2.24, 2.45) is 51.0 Å². The second kappa shape index (κ2) is 41.0. The first-order valence-electron chi connectivity index (χ1n) is 32.2. The van der Waals surface area contributed by atoms with E-state index in [1.807, 2.05) is 20.1 Å². The number of aliphatic imine (C=N–C) groups is 1. The molecule has 2 saturated heterocycles. The van der Waals surface area contributed by atoms with Crippen LogP contribution in [0.25, 0.3) is 0 Å². The molecular formula is C63H98N18O13S. The molecule has 0 spiro atoms. The molecule has 2 aromatic rings. The number of guanidine groups is 1. The molecule has 0 saturated carbocycles. The number of amides is 13. The van der Waals surface area contributed by atoms with E-state index in [0.717, 1.165) is 0 Å². The summed E-state index contributed by atoms with van der Waals surface area (Å²) in [5.41, 5.74) is 40.6. The lowest BCUT2D eigenvalue weighted by Gasteiger charge is -2.32. The predicted octanol–water partition coefficient (Wildman–Crippen LogP) is -3.71. The van der Waals surface area contributed by atoms with Crippen LogP contribution in [0.5, 0.6) is 0 Å². The minimum atomic E-state index is -1.64. The molecule has 524 valence electrons. The second-order valence-corrected chi connectivity index (χ2v) is 25.1. The maximum absolute atomic E-state index is 14.7. The first kappa shape index (κ1) is 78.5. The van der Waals surface area contributed by atoms with Crippen molar-refractivity contribution in [3.8, 4) is 0 Å². The summed E-state index contributed by atoms with van der Waals surface area (Å²) in [5.74, 6) is -9.80. The van der Waals surface area contributed by atoms with Crippen LogP contribution in [0.2, 0.25) is 0 Å². The van der Waals surface area contributed by atoms with Crippen LogP contribution in [0.3, 0.4) is 0 Å². The van der Waals surface area contributed by atoms with Crippen LogP contribution in [0.15, 0.2) is 65.7 Å². The summed E-state index contributed by atoms with van der Waals surface area (Å²) in [4.78, 5) is 185. The first-order chi connectivity index (χ1) is 45.2. The van der Waals surface area contributed by atoms with Crippen LogP contribution in [0.4, 0.5) is 0 Å². The van der Waals surface area contributed by atoms with Gasteiger partial charge in [-0.25, -0.2) is 0 Å². The van der Waals surface area contributed by atoms with E-state index in [-0.39, 0.29) is 83.0 Å². The molecule has 95 heavy (non-hydrogen) atoms. The average Bonchev–Trinajstić information content (AvgIpc) is 1.74. The first-order valence-corrected chi connectivity index (χ1v) is 33.6. The average molecular weight is 1350 g/mol. The molecule has 2 aliphatic rings. The third kappa shape index (κ3) is 27.5. The van der Waals surface area contributed by atoms with Crippen molar-refractivity contribution in [1.29, 1.82) is 0 Å². The fourth-order valence-corrected chi connectivity index (χ4v) is 11.5. The van der Waals surface area contributed by atoms with Gasteiger partial charge in [0.05, 0.1) is 12.6 Å². The van der Waals surface area contributed by atoms with Crippen molar-refractivity contribution in [3.05, 3.63) is 71.8 Å². The standard InChI is InChI=1S/C63H98N18O13S/c1-37(2)33-45(57(89)74-41(53(68)85)27-32-95-3)73-52(84)36-72-54(86)46(34-38-15-6-4-7-16-38)78-58(90)47(35-39-17-8-5-9-18-39)79-56(88)42(23-25-50(66)82)75-55(87)43(24-26-51(67)83)76-59(91)49-22-14-31-81(49)62(94)44(20-10-11-28-64)77-60(92)48-21-13-30-80(48)61(93)40(65)19-12-29-71-63(69)70/h4-9,15-18,37,40-49H,10-14,19-36,64-65H2,1-3H3,(H2,66,82)(H2,67,83)(H2,68,85)(H,72,86)(H,73,84)(H,74,89)(H,75,87)(H,76,91)(H,77,92)(H,78,90)(H,79,88)(H4,69,70,71)/t40-,41+,42+,43+,44-,45-,46-,47+,48-,49+/m1/s1. The molecule has 2 aromatic carbocycles. The Morgan fingerprint density at radius 1 is 0.537 bits per heavy atom. The van der Waals surface area contributed by atoms with E-state index in [9.17, 15) is 62.3 Å². The number of carbonyl (C=O) groups excluding carboxylic acids is 13. The van der Waals surface area contributed by atoms with Crippen LogP contribution in [-0.4, -0.2) is 198 Å². The number of rotatable bonds is 42. The fraction of sp³-hybridized carbons (Fsp3) is 0.587. The van der Waals surface area contributed by atoms with Gasteiger partial charge >= 0.3 is 0 Å². The molecule has 2 heterocycles. The Morgan fingerprint density at radius 3 is 1.51 bits per heavy atom. The molecule has 2 aliphatic heterocycles. The van der Waals surface area contributed by atoms with Crippen molar-refractivity contribution in [2.75, 3.05) is 44.7 Å². The summed E-state index contributed by atoms with van der Waals surface area (Å²) in [7, 11) is 0. The highest BCUT2D eigenvalue weighted by atomic mass is 32.2. The molecular weight excluding hydrogens is 1250 g/mol. The van der Waals surface area contributed by atoms with Gasteiger partial charge in [0.2, 0.25) is 76.8 Å². The monoisotopic (exact) mass is 1350 g/mol. The van der Waals surface area contributed by atoms with E-state index in [1.54, 1.807) is 60.7 Å². The molecule has 32 heteroatoms. The fourth-order valence-electron chi connectivity index (χ4n) is 11.0. The van der Waals surface area contributed by atoms with Gasteiger partial charge in [-0.15, -0.1) is 0 Å². The highest BCUT2D eigenvalue weighted by Gasteiger charge is 2.42. The number of hydrogen-bond donors (Lipinski definition) is 15. The Morgan fingerprint density at radius 2 is 1.01 bits per heavy atom. The largest absolute Gasteiger partial charge is 0.370 e. The second-order valence-electron chi connectivity index (χ2n) is 24.1. The number of thioether (sulfide) groups is 1. The van der Waals surface area contributed by atoms with E-state index < -0.39 is 169 Å². The van der Waals surface area contributed by atoms with Crippen molar-refractivity contribution in [3.63, 3.8) is 0 Å². The maximum Gasteiger partial charge on any atom is 0.245 e. The Bertz CT molecular complexity index is 2960. The number of likely N-dealkylation sites (tertiary alicyclic amines) is 2. The Labute approximate surface area is 558 Å². The normalized spacial score (nSPS) is 16.8. The summed E-state index contributed by atoms with van der Waals surface area (Å²) in [6.07, 6.45) is 3.12. The maximum atomic E-state index is 14.7. The molecule has 2 fully saturated rings. The van der Waals surface area contributed by atoms with Crippen LogP contribution in [0.1, 0.15) is 121 Å². The molecule has 22 N–H and O–H groups in total. The molecule has 31 nitrogen and oxygen atoms in total. The number of unbranched alkanes of at least 4 members (excludes halogenated alkanes) is 1. The molecule has 0 aromatic heterocycles. The third-order valence-electron chi connectivity index (χ3n) is 16.0. The third-order valence-corrected chi connectivity index (χ3v) is 16.7. The molecule has 0 unspecified atom stereocenters. The highest BCUT2D eigenvalue weighted by molar-refractivity contribution is 7.98. The van der Waals surface area contributed by atoms with Gasteiger partial charge in [-0.3, -0.25) is 67.3 Å². The summed E-state index contributed by atoms with van der Waals surface area (Å²) < 4.78 is 0. The lowest BCUT2D eigenvalue weighted by Crippen LogP contribution is -2.60. The molecule has 4 rings (SSSR count). The van der Waals surface area contributed by atoms with E-state index in [0.29, 0.717) is 55.4 Å². The number of hydrogen-bond acceptors (Lipinski definition) is 17. The summed E-state index contributed by atoms with van der Waals surface area (Å²) in [6.45, 7) is 3.86. The summed E-state index contributed by atoms with van der Waals surface area (Å²) >= 11 is 1.45. The molecule has 0 bridgehead atoms. The van der Waals surface area contributed by atoms with Crippen LogP contribution in [-0.2, 0) is 75.2 Å². The minimum Gasteiger partial charge on any atom is -0.370 e. The van der Waals surface area contributed by atoms with Crippen molar-refractivity contribution in [1.82, 2.24) is 52.3 Å². The zero-order valence-electron chi connectivity index (χ0n) is 54.5. The van der Waals surface area contributed by atoms with Gasteiger partial charge in [0.25, 0.3) is 0 Å². The van der Waals surface area contributed by atoms with Gasteiger partial charge in [-0.2, -0.15) is 11.8 Å². The van der Waals surface area contributed by atoms with Crippen molar-refractivity contribution in [2.45, 2.75) is 183 Å². The zero-order chi connectivity index (χ0) is 70.1. The smallest absolute Gasteiger partial charge is 0.245 e. The minimum absolute atomic E-state index is 0.0736. The summed E-state index contributed by atoms with van der Waals surface area (Å²) in [6, 6.07) is 4.51. The van der Waals surface area contributed by atoms with E-state index >= 15 is 0 Å². The van der Waals surface area contributed by atoms with Gasteiger partial charge < -0.3 is 92.5 Å². The van der Waals surface area contributed by atoms with Crippen LogP contribution in [0, 0.1) is 5.92 Å². The molecule has 10 atom stereocenters. The lowest BCUT2D eigenvalue weighted by atomic mass is 10.0. The van der Waals surface area contributed by atoms with Crippen molar-refractivity contribution < 1.29 is 62.3 Å². The number of nitrogens with one attached hydrogen (secondary N) is 8. The van der Waals surface area contributed by atoms with Crippen molar-refractivity contribution >= 4 is 94.5 Å². The molecule has 0 radical (unpaired) electrons. The number of nitrogens with zero attached hydrogens (tertiary/aromatic N) is 3. The Hall–Kier alpha value is -8.91. The predicted molar refractivity (Wildman–Crippen MR) is 356 cm³/mol. The Balaban J connectivity index is 1.56. The van der Waals surface area contributed by atoms with Gasteiger partial charge in [0.1, 0.15) is 54.4 Å². The number of primary amides is 3. The van der Waals surface area contributed by atoms with E-state index in [2.05, 4.69) is 47.5 Å². The van der Waals surface area contributed by atoms with Gasteiger partial charge in [-0.05, 0) is 119 Å². The van der Waals surface area contributed by atoms with E-state index in [4.69, 9.17) is 40.1 Å². The quantitative estimate of drug-likeness (QED) is 0.0173. The summed E-state index contributed by atoms with van der Waals surface area (Å²) in [5, 5.41) is 21.1. The van der Waals surface area contributed by atoms with Crippen LogP contribution < -0.4 is 82.7 Å². The highest BCUT2D eigenvalue weighted by Crippen LogP contribution is 2.24. The van der Waals surface area contributed by atoms with Gasteiger partial charge in [0.15, 0.2) is 5.96 Å². The van der Waals surface area contributed by atoms with Gasteiger partial charge in [-0.1, -0.05) is 74.5 Å². The van der Waals surface area contributed by atoms with Crippen LogP contribution >= 0.6 is 11.8 Å². The van der Waals surface area contributed by atoms with E-state index in [1.165, 1.54) is 21.6 Å². The number of nitrogens with two attached hydrogens (primary N) is 7. The lowest BCUT2D eigenvalue weighted by molar-refractivity contribution is -0.144. The number of carbonyl (C=O) groups is 13. The topological polar surface area (TPSA) is 519 Å². The van der Waals surface area contributed by atoms with Gasteiger partial charge in [0, 0.05) is 45.3 Å². The zero-order valence-corrected chi connectivity index (χ0v) is 55.3. The SMILES string of the molecule is CSCC[C@H](NC(=O)[C@@H](CC(C)C)NC(=O)CNC(=O)[C@@H](Cc1ccccc1)NC(=O)[C@H](Cc1ccccc1)NC(=O)[C@H](CCC(N)=O)NC(=O)[C@H](CCC(N)=O)NC(=O)[C@@H]1CCCN1C(=O)[C@@H](CCCCN)NC(=O)[C@H]1CCCN1C(=O)[C@H](N)CCCN=C(N)N)C(N)=O. The molecule has 13 amide bonds. The Kier molecular flexibility index (Phi) is 33.9. The molecule has 0 aliphatic carbocycles. The number of benzene rings is 2.